The number of aromatic nitrogens is 1. The van der Waals surface area contributed by atoms with E-state index in [1.165, 1.54) is 5.75 Å². The molecule has 0 saturated carbocycles. The van der Waals surface area contributed by atoms with E-state index in [2.05, 4.69) is 10.3 Å². The van der Waals surface area contributed by atoms with Gasteiger partial charge in [0, 0.05) is 30.5 Å². The molecule has 1 aromatic heterocycles. The fourth-order valence-electron chi connectivity index (χ4n) is 2.01. The highest BCUT2D eigenvalue weighted by molar-refractivity contribution is 7.99. The lowest BCUT2D eigenvalue weighted by molar-refractivity contribution is 0.469. The molecule has 0 aliphatic carbocycles. The van der Waals surface area contributed by atoms with Crippen LogP contribution in [0.25, 0.3) is 11.1 Å². The molecular formula is C12H13ClN2OS. The Morgan fingerprint density at radius 2 is 2.47 bits per heavy atom. The van der Waals surface area contributed by atoms with Crippen molar-refractivity contribution in [2.24, 2.45) is 0 Å². The second-order valence-corrected chi connectivity index (χ2v) is 5.68. The molecule has 0 bridgehead atoms. The average molecular weight is 269 g/mol. The van der Waals surface area contributed by atoms with Gasteiger partial charge in [-0.1, -0.05) is 17.7 Å². The van der Waals surface area contributed by atoms with E-state index in [4.69, 9.17) is 16.0 Å². The number of rotatable bonds is 2. The lowest BCUT2D eigenvalue weighted by atomic mass is 10.2. The minimum atomic E-state index is 0.459. The lowest BCUT2D eigenvalue weighted by Crippen LogP contribution is -2.38. The summed E-state index contributed by atoms with van der Waals surface area (Å²) in [6.07, 6.45) is 0.831. The molecule has 1 aliphatic rings. The lowest BCUT2D eigenvalue weighted by Gasteiger charge is -2.21. The van der Waals surface area contributed by atoms with E-state index in [9.17, 15) is 0 Å². The van der Waals surface area contributed by atoms with Crippen LogP contribution in [0.1, 0.15) is 5.89 Å². The van der Waals surface area contributed by atoms with Crippen LogP contribution in [0, 0.1) is 0 Å². The van der Waals surface area contributed by atoms with E-state index < -0.39 is 0 Å². The topological polar surface area (TPSA) is 38.1 Å². The summed E-state index contributed by atoms with van der Waals surface area (Å²) in [5.41, 5.74) is 1.54. The third kappa shape index (κ3) is 2.44. The van der Waals surface area contributed by atoms with Crippen molar-refractivity contribution < 1.29 is 4.42 Å². The van der Waals surface area contributed by atoms with Crippen LogP contribution >= 0.6 is 23.4 Å². The van der Waals surface area contributed by atoms with Crippen molar-refractivity contribution in [3.63, 3.8) is 0 Å². The minimum absolute atomic E-state index is 0.459. The van der Waals surface area contributed by atoms with Gasteiger partial charge in [-0.2, -0.15) is 11.8 Å². The van der Waals surface area contributed by atoms with Gasteiger partial charge in [-0.05, 0) is 12.1 Å². The number of oxazole rings is 1. The first-order valence-corrected chi connectivity index (χ1v) is 7.21. The Morgan fingerprint density at radius 3 is 3.24 bits per heavy atom. The summed E-state index contributed by atoms with van der Waals surface area (Å²) in [7, 11) is 0. The molecule has 2 heterocycles. The normalized spacial score (nSPS) is 20.9. The predicted molar refractivity (Wildman–Crippen MR) is 71.8 cm³/mol. The molecule has 2 aromatic rings. The van der Waals surface area contributed by atoms with Crippen LogP contribution in [0.4, 0.5) is 0 Å². The number of nitrogens with zero attached hydrogens (tertiary/aromatic N) is 1. The van der Waals surface area contributed by atoms with Crippen molar-refractivity contribution in [1.82, 2.24) is 10.3 Å². The predicted octanol–water partition coefficient (Wildman–Crippen LogP) is 2.73. The SMILES string of the molecule is Clc1cccc2nc(CC3CSCCN3)oc12. The van der Waals surface area contributed by atoms with Gasteiger partial charge in [0.05, 0.1) is 5.02 Å². The molecule has 17 heavy (non-hydrogen) atoms. The number of para-hydroxylation sites is 1. The highest BCUT2D eigenvalue weighted by Crippen LogP contribution is 2.24. The highest BCUT2D eigenvalue weighted by Gasteiger charge is 2.17. The van der Waals surface area contributed by atoms with Crippen molar-refractivity contribution in [2.75, 3.05) is 18.1 Å². The minimum Gasteiger partial charge on any atom is -0.439 e. The maximum absolute atomic E-state index is 6.06. The van der Waals surface area contributed by atoms with E-state index in [0.29, 0.717) is 16.6 Å². The maximum atomic E-state index is 6.06. The van der Waals surface area contributed by atoms with Crippen molar-refractivity contribution in [3.05, 3.63) is 29.1 Å². The number of thioether (sulfide) groups is 1. The number of halogens is 1. The van der Waals surface area contributed by atoms with Gasteiger partial charge >= 0.3 is 0 Å². The van der Waals surface area contributed by atoms with E-state index in [-0.39, 0.29) is 0 Å². The van der Waals surface area contributed by atoms with Crippen LogP contribution in [-0.2, 0) is 6.42 Å². The zero-order chi connectivity index (χ0) is 11.7. The molecular weight excluding hydrogens is 256 g/mol. The summed E-state index contributed by atoms with van der Waals surface area (Å²) in [4.78, 5) is 4.47. The summed E-state index contributed by atoms with van der Waals surface area (Å²) < 4.78 is 5.71. The van der Waals surface area contributed by atoms with Crippen molar-refractivity contribution in [3.8, 4) is 0 Å². The Morgan fingerprint density at radius 1 is 1.53 bits per heavy atom. The van der Waals surface area contributed by atoms with Gasteiger partial charge in [-0.25, -0.2) is 4.98 Å². The molecule has 1 unspecified atom stereocenters. The van der Waals surface area contributed by atoms with E-state index >= 15 is 0 Å². The van der Waals surface area contributed by atoms with Crippen molar-refractivity contribution in [1.29, 1.82) is 0 Å². The summed E-state index contributed by atoms with van der Waals surface area (Å²) >= 11 is 8.03. The maximum Gasteiger partial charge on any atom is 0.197 e. The van der Waals surface area contributed by atoms with Gasteiger partial charge in [-0.15, -0.1) is 0 Å². The van der Waals surface area contributed by atoms with Crippen LogP contribution in [0.2, 0.25) is 5.02 Å². The molecule has 0 radical (unpaired) electrons. The number of nitrogens with one attached hydrogen (secondary N) is 1. The van der Waals surface area contributed by atoms with Crippen LogP contribution in [0.5, 0.6) is 0 Å². The number of hydrogen-bond acceptors (Lipinski definition) is 4. The van der Waals surface area contributed by atoms with Crippen LogP contribution < -0.4 is 5.32 Å². The van der Waals surface area contributed by atoms with Crippen LogP contribution in [-0.4, -0.2) is 29.1 Å². The average Bonchev–Trinajstić information content (AvgIpc) is 2.74. The van der Waals surface area contributed by atoms with Crippen molar-refractivity contribution >= 4 is 34.5 Å². The highest BCUT2D eigenvalue weighted by atomic mass is 35.5. The molecule has 5 heteroatoms. The Balaban J connectivity index is 1.83. The zero-order valence-electron chi connectivity index (χ0n) is 9.28. The van der Waals surface area contributed by atoms with Gasteiger partial charge in [-0.3, -0.25) is 0 Å². The number of benzene rings is 1. The van der Waals surface area contributed by atoms with Gasteiger partial charge < -0.3 is 9.73 Å². The molecule has 0 spiro atoms. The zero-order valence-corrected chi connectivity index (χ0v) is 10.9. The molecule has 1 N–H and O–H groups in total. The number of hydrogen-bond donors (Lipinski definition) is 1. The van der Waals surface area contributed by atoms with Gasteiger partial charge in [0.2, 0.25) is 0 Å². The third-order valence-corrected chi connectivity index (χ3v) is 4.26. The quantitative estimate of drug-likeness (QED) is 0.909. The van der Waals surface area contributed by atoms with Crippen LogP contribution in [0.3, 0.4) is 0 Å². The van der Waals surface area contributed by atoms with Crippen LogP contribution in [0.15, 0.2) is 22.6 Å². The van der Waals surface area contributed by atoms with E-state index in [0.717, 1.165) is 30.1 Å². The fourth-order valence-corrected chi connectivity index (χ4v) is 3.17. The first-order valence-electron chi connectivity index (χ1n) is 5.68. The molecule has 1 aliphatic heterocycles. The Labute approximate surface area is 109 Å². The molecule has 3 nitrogen and oxygen atoms in total. The Kier molecular flexibility index (Phi) is 3.27. The van der Waals surface area contributed by atoms with Gasteiger partial charge in [0.25, 0.3) is 0 Å². The molecule has 1 fully saturated rings. The molecule has 0 amide bonds. The third-order valence-electron chi connectivity index (χ3n) is 2.83. The van der Waals surface area contributed by atoms with E-state index in [1.807, 2.05) is 30.0 Å². The summed E-state index contributed by atoms with van der Waals surface area (Å²) in [5, 5.41) is 4.10. The van der Waals surface area contributed by atoms with Gasteiger partial charge in [0.1, 0.15) is 5.52 Å². The number of fused-ring (bicyclic) bond motifs is 1. The molecule has 1 aromatic carbocycles. The summed E-state index contributed by atoms with van der Waals surface area (Å²) in [6, 6.07) is 6.11. The molecule has 90 valence electrons. The first-order chi connectivity index (χ1) is 8.33. The summed E-state index contributed by atoms with van der Waals surface area (Å²) in [5.74, 6) is 3.08. The second kappa shape index (κ2) is 4.88. The Bertz CT molecular complexity index is 522. The Hall–Kier alpha value is -0.710. The molecule has 3 rings (SSSR count). The standard InChI is InChI=1S/C12H13ClN2OS/c13-9-2-1-3-10-12(9)16-11(15-10)6-8-7-17-5-4-14-8/h1-3,8,14H,4-7H2. The molecule has 1 saturated heterocycles. The van der Waals surface area contributed by atoms with Gasteiger partial charge in [0.15, 0.2) is 11.5 Å². The fraction of sp³-hybridized carbons (Fsp3) is 0.417. The van der Waals surface area contributed by atoms with E-state index in [1.54, 1.807) is 0 Å². The second-order valence-electron chi connectivity index (χ2n) is 4.13. The smallest absolute Gasteiger partial charge is 0.197 e. The molecule has 1 atom stereocenters. The monoisotopic (exact) mass is 268 g/mol. The largest absolute Gasteiger partial charge is 0.439 e. The first kappa shape index (κ1) is 11.4. The summed E-state index contributed by atoms with van der Waals surface area (Å²) in [6.45, 7) is 1.07. The van der Waals surface area contributed by atoms with Crippen molar-refractivity contribution in [2.45, 2.75) is 12.5 Å².